The van der Waals surface area contributed by atoms with E-state index in [0.717, 1.165) is 0 Å². The first-order valence-corrected chi connectivity index (χ1v) is 7.65. The van der Waals surface area contributed by atoms with Crippen LogP contribution in [-0.2, 0) is 0 Å². The van der Waals surface area contributed by atoms with Crippen molar-refractivity contribution in [2.24, 2.45) is 0 Å². The summed E-state index contributed by atoms with van der Waals surface area (Å²) in [6.07, 6.45) is 2.90. The minimum absolute atomic E-state index is 0.0882. The molecular formula is C19H15ClN2O3. The summed E-state index contributed by atoms with van der Waals surface area (Å²) in [6, 6.07) is 16.7. The van der Waals surface area contributed by atoms with Crippen molar-refractivity contribution in [1.29, 1.82) is 0 Å². The van der Waals surface area contributed by atoms with Crippen molar-refractivity contribution in [1.82, 2.24) is 4.98 Å². The maximum absolute atomic E-state index is 12.1. The molecule has 0 radical (unpaired) electrons. The fraction of sp³-hybridized carbons (Fsp3) is 0. The molecule has 0 fully saturated rings. The fourth-order valence-corrected chi connectivity index (χ4v) is 2.08. The smallest absolute Gasteiger partial charge is 0.335 e. The van der Waals surface area contributed by atoms with Crippen molar-refractivity contribution >= 4 is 29.0 Å². The maximum Gasteiger partial charge on any atom is 0.335 e. The van der Waals surface area contributed by atoms with Crippen LogP contribution in [0.1, 0.15) is 26.3 Å². The van der Waals surface area contributed by atoms with Gasteiger partial charge < -0.3 is 10.8 Å². The van der Waals surface area contributed by atoms with Crippen LogP contribution in [0.5, 0.6) is 0 Å². The molecule has 0 aliphatic rings. The quantitative estimate of drug-likeness (QED) is 0.549. The molecule has 2 aromatic carbocycles. The highest BCUT2D eigenvalue weighted by Crippen LogP contribution is 2.17. The monoisotopic (exact) mass is 354 g/mol. The number of nitrogen functional groups attached to an aromatic ring is 1. The predicted octanol–water partition coefficient (Wildman–Crippen LogP) is 3.93. The number of pyridine rings is 1. The van der Waals surface area contributed by atoms with Crippen LogP contribution in [0.15, 0.2) is 73.1 Å². The summed E-state index contributed by atoms with van der Waals surface area (Å²) < 4.78 is 0. The van der Waals surface area contributed by atoms with Crippen LogP contribution in [0.3, 0.4) is 0 Å². The normalized spacial score (nSPS) is 9.64. The number of anilines is 1. The van der Waals surface area contributed by atoms with Gasteiger partial charge in [0.05, 0.1) is 5.56 Å². The largest absolute Gasteiger partial charge is 0.478 e. The summed E-state index contributed by atoms with van der Waals surface area (Å²) in [5, 5.41) is 8.97. The number of aromatic carboxylic acids is 1. The number of rotatable bonds is 3. The standard InChI is InChI=1S/C13H10ClNO.C6H5NO2/c14-10-7-5-9(6-8-10)13(16)11-3-1-2-4-12(11)15;8-6(9)5-1-3-7-4-2-5/h1-8H,15H2;1-4H,(H,8,9). The lowest BCUT2D eigenvalue weighted by molar-refractivity contribution is 0.0696. The molecule has 0 bridgehead atoms. The Hall–Kier alpha value is -3.18. The average Bonchev–Trinajstić information content (AvgIpc) is 2.63. The molecule has 0 aliphatic carbocycles. The molecule has 0 unspecified atom stereocenters. The van der Waals surface area contributed by atoms with Crippen LogP contribution in [0.4, 0.5) is 5.69 Å². The van der Waals surface area contributed by atoms with Gasteiger partial charge in [-0.25, -0.2) is 4.79 Å². The third kappa shape index (κ3) is 5.16. The molecule has 0 atom stereocenters. The van der Waals surface area contributed by atoms with E-state index >= 15 is 0 Å². The Morgan fingerprint density at radius 1 is 0.880 bits per heavy atom. The van der Waals surface area contributed by atoms with Gasteiger partial charge in [-0.3, -0.25) is 9.78 Å². The van der Waals surface area contributed by atoms with E-state index in [-0.39, 0.29) is 11.3 Å². The summed E-state index contributed by atoms with van der Waals surface area (Å²) in [7, 11) is 0. The molecule has 126 valence electrons. The highest BCUT2D eigenvalue weighted by atomic mass is 35.5. The van der Waals surface area contributed by atoms with E-state index in [0.29, 0.717) is 21.8 Å². The van der Waals surface area contributed by atoms with Gasteiger partial charge in [0.15, 0.2) is 5.78 Å². The van der Waals surface area contributed by atoms with Gasteiger partial charge in [0.2, 0.25) is 0 Å². The Labute approximate surface area is 149 Å². The van der Waals surface area contributed by atoms with Crippen LogP contribution in [0.25, 0.3) is 0 Å². The number of carbonyl (C=O) groups excluding carboxylic acids is 1. The van der Waals surface area contributed by atoms with E-state index in [9.17, 15) is 9.59 Å². The molecule has 1 aromatic heterocycles. The van der Waals surface area contributed by atoms with Gasteiger partial charge in [-0.2, -0.15) is 0 Å². The van der Waals surface area contributed by atoms with Crippen molar-refractivity contribution < 1.29 is 14.7 Å². The summed E-state index contributed by atoms with van der Waals surface area (Å²) in [4.78, 5) is 25.9. The first kappa shape index (κ1) is 18.2. The van der Waals surface area contributed by atoms with Crippen molar-refractivity contribution in [3.05, 3.63) is 94.8 Å². The van der Waals surface area contributed by atoms with Crippen LogP contribution < -0.4 is 5.73 Å². The van der Waals surface area contributed by atoms with E-state index < -0.39 is 5.97 Å². The average molecular weight is 355 g/mol. The number of hydrogen-bond donors (Lipinski definition) is 2. The second-order valence-electron chi connectivity index (χ2n) is 4.96. The molecule has 0 saturated carbocycles. The van der Waals surface area contributed by atoms with E-state index in [2.05, 4.69) is 4.98 Å². The number of carboxylic acids is 1. The number of para-hydroxylation sites is 1. The summed E-state index contributed by atoms with van der Waals surface area (Å²) in [5.41, 5.74) is 7.60. The zero-order chi connectivity index (χ0) is 18.2. The number of nitrogens with two attached hydrogens (primary N) is 1. The third-order valence-corrected chi connectivity index (χ3v) is 3.49. The number of nitrogens with zero attached hydrogens (tertiary/aromatic N) is 1. The number of ketones is 1. The second kappa shape index (κ2) is 8.61. The Morgan fingerprint density at radius 3 is 2.00 bits per heavy atom. The highest BCUT2D eigenvalue weighted by molar-refractivity contribution is 6.30. The van der Waals surface area contributed by atoms with Crippen LogP contribution >= 0.6 is 11.6 Å². The summed E-state index contributed by atoms with van der Waals surface area (Å²) in [5.74, 6) is -1.01. The molecular weight excluding hydrogens is 340 g/mol. The van der Waals surface area contributed by atoms with Crippen molar-refractivity contribution in [2.45, 2.75) is 0 Å². The first-order valence-electron chi connectivity index (χ1n) is 7.27. The number of halogens is 1. The number of hydrogen-bond acceptors (Lipinski definition) is 4. The number of carboxylic acid groups (broad SMARTS) is 1. The van der Waals surface area contributed by atoms with Crippen LogP contribution in [0, 0.1) is 0 Å². The van der Waals surface area contributed by atoms with E-state index in [1.165, 1.54) is 24.5 Å². The molecule has 3 aromatic rings. The molecule has 0 aliphatic heterocycles. The molecule has 25 heavy (non-hydrogen) atoms. The summed E-state index contributed by atoms with van der Waals surface area (Å²) >= 11 is 5.76. The van der Waals surface area contributed by atoms with Crippen molar-refractivity contribution in [2.75, 3.05) is 5.73 Å². The minimum Gasteiger partial charge on any atom is -0.478 e. The molecule has 0 saturated heterocycles. The van der Waals surface area contributed by atoms with Gasteiger partial charge in [0.25, 0.3) is 0 Å². The Kier molecular flexibility index (Phi) is 6.26. The van der Waals surface area contributed by atoms with Crippen LogP contribution in [-0.4, -0.2) is 21.8 Å². The lowest BCUT2D eigenvalue weighted by atomic mass is 10.0. The molecule has 3 N–H and O–H groups in total. The van der Waals surface area contributed by atoms with Gasteiger partial charge in [-0.1, -0.05) is 23.7 Å². The zero-order valence-corrected chi connectivity index (χ0v) is 13.9. The van der Waals surface area contributed by atoms with E-state index in [1.54, 1.807) is 48.5 Å². The topological polar surface area (TPSA) is 93.3 Å². The van der Waals surface area contributed by atoms with E-state index in [4.69, 9.17) is 22.4 Å². The minimum atomic E-state index is -0.919. The number of aromatic nitrogens is 1. The van der Waals surface area contributed by atoms with E-state index in [1.807, 2.05) is 0 Å². The zero-order valence-electron chi connectivity index (χ0n) is 13.1. The Morgan fingerprint density at radius 2 is 1.48 bits per heavy atom. The van der Waals surface area contributed by atoms with Gasteiger partial charge in [0, 0.05) is 34.2 Å². The number of carbonyl (C=O) groups is 2. The van der Waals surface area contributed by atoms with Crippen molar-refractivity contribution in [3.8, 4) is 0 Å². The lowest BCUT2D eigenvalue weighted by Gasteiger charge is -2.04. The SMILES string of the molecule is Nc1ccccc1C(=O)c1ccc(Cl)cc1.O=C(O)c1ccncc1. The lowest BCUT2D eigenvalue weighted by Crippen LogP contribution is -2.04. The number of benzene rings is 2. The summed E-state index contributed by atoms with van der Waals surface area (Å²) in [6.45, 7) is 0. The van der Waals surface area contributed by atoms with Gasteiger partial charge in [-0.15, -0.1) is 0 Å². The van der Waals surface area contributed by atoms with Crippen molar-refractivity contribution in [3.63, 3.8) is 0 Å². The Balaban J connectivity index is 0.000000212. The molecule has 1 heterocycles. The molecule has 6 heteroatoms. The molecule has 0 amide bonds. The maximum atomic E-state index is 12.1. The highest BCUT2D eigenvalue weighted by Gasteiger charge is 2.11. The van der Waals surface area contributed by atoms with Gasteiger partial charge >= 0.3 is 5.97 Å². The molecule has 5 nitrogen and oxygen atoms in total. The predicted molar refractivity (Wildman–Crippen MR) is 96.9 cm³/mol. The second-order valence-corrected chi connectivity index (χ2v) is 5.40. The third-order valence-electron chi connectivity index (χ3n) is 3.24. The molecule has 0 spiro atoms. The molecule has 3 rings (SSSR count). The van der Waals surface area contributed by atoms with Crippen LogP contribution in [0.2, 0.25) is 5.02 Å². The fourth-order valence-electron chi connectivity index (χ4n) is 1.96. The van der Waals surface area contributed by atoms with Gasteiger partial charge in [0.1, 0.15) is 0 Å². The first-order chi connectivity index (χ1) is 12.0. The van der Waals surface area contributed by atoms with Gasteiger partial charge in [-0.05, 0) is 48.5 Å². The Bertz CT molecular complexity index is 865.